The van der Waals surface area contributed by atoms with E-state index in [9.17, 15) is 9.59 Å². The summed E-state index contributed by atoms with van der Waals surface area (Å²) in [4.78, 5) is 35.7. The zero-order valence-corrected chi connectivity index (χ0v) is 19.6. The van der Waals surface area contributed by atoms with E-state index in [4.69, 9.17) is 21.1 Å². The molecule has 34 heavy (non-hydrogen) atoms. The van der Waals surface area contributed by atoms with Crippen LogP contribution in [0.5, 0.6) is 5.06 Å². The van der Waals surface area contributed by atoms with E-state index >= 15 is 0 Å². The zero-order valence-electron chi connectivity index (χ0n) is 18.0. The lowest BCUT2D eigenvalue weighted by Gasteiger charge is -2.25. The van der Waals surface area contributed by atoms with E-state index in [-0.39, 0.29) is 5.43 Å². The summed E-state index contributed by atoms with van der Waals surface area (Å²) < 4.78 is 10.9. The SMILES string of the molecule is O=C(NC(c1ccccc1)c1c[nH]c2cc(Cl)ccc2c1=O)Oc1cnc(N2CCOCC2)s1. The number of benzene rings is 2. The number of fused-ring (bicyclic) bond motifs is 1. The fraction of sp³-hybridized carbons (Fsp3) is 0.208. The van der Waals surface area contributed by atoms with Gasteiger partial charge in [0.25, 0.3) is 0 Å². The molecule has 2 aromatic heterocycles. The van der Waals surface area contributed by atoms with Gasteiger partial charge in [-0.2, -0.15) is 0 Å². The van der Waals surface area contributed by atoms with E-state index < -0.39 is 12.1 Å². The van der Waals surface area contributed by atoms with Crippen LogP contribution >= 0.6 is 22.9 Å². The summed E-state index contributed by atoms with van der Waals surface area (Å²) in [7, 11) is 0. The Morgan fingerprint density at radius 1 is 1.21 bits per heavy atom. The number of amides is 1. The second-order valence-electron chi connectivity index (χ2n) is 7.70. The molecule has 1 saturated heterocycles. The summed E-state index contributed by atoms with van der Waals surface area (Å²) in [5, 5.41) is 4.99. The van der Waals surface area contributed by atoms with Crippen molar-refractivity contribution >= 4 is 45.1 Å². The van der Waals surface area contributed by atoms with Gasteiger partial charge in [-0.1, -0.05) is 53.3 Å². The van der Waals surface area contributed by atoms with E-state index in [0.29, 0.717) is 39.8 Å². The minimum absolute atomic E-state index is 0.202. The molecular weight excluding hydrogens is 476 g/mol. The summed E-state index contributed by atoms with van der Waals surface area (Å²) in [6.45, 7) is 2.76. The largest absolute Gasteiger partial charge is 0.414 e. The first-order valence-electron chi connectivity index (χ1n) is 10.7. The Kier molecular flexibility index (Phi) is 6.48. The van der Waals surface area contributed by atoms with Crippen LogP contribution in [0.1, 0.15) is 17.2 Å². The predicted octanol–water partition coefficient (Wildman–Crippen LogP) is 4.35. The van der Waals surface area contributed by atoms with Crippen molar-refractivity contribution in [2.24, 2.45) is 0 Å². The molecule has 4 aromatic rings. The Morgan fingerprint density at radius 3 is 2.79 bits per heavy atom. The van der Waals surface area contributed by atoms with E-state index in [1.807, 2.05) is 30.3 Å². The van der Waals surface area contributed by atoms with Crippen LogP contribution in [0.25, 0.3) is 10.9 Å². The molecule has 0 saturated carbocycles. The summed E-state index contributed by atoms with van der Waals surface area (Å²) in [6.07, 6.45) is 2.45. The quantitative estimate of drug-likeness (QED) is 0.426. The highest BCUT2D eigenvalue weighted by molar-refractivity contribution is 7.17. The third kappa shape index (κ3) is 4.77. The summed E-state index contributed by atoms with van der Waals surface area (Å²) in [5.74, 6) is 0. The maximum Gasteiger partial charge on any atom is 0.414 e. The average Bonchev–Trinajstić information content (AvgIpc) is 3.32. The second-order valence-corrected chi connectivity index (χ2v) is 9.11. The number of hydrogen-bond donors (Lipinski definition) is 2. The fourth-order valence-corrected chi connectivity index (χ4v) is 4.84. The van der Waals surface area contributed by atoms with Gasteiger partial charge in [0.05, 0.1) is 31.0 Å². The van der Waals surface area contributed by atoms with Crippen molar-refractivity contribution in [3.8, 4) is 5.06 Å². The third-order valence-electron chi connectivity index (χ3n) is 5.52. The number of pyridine rings is 1. The van der Waals surface area contributed by atoms with Crippen LogP contribution in [0, 0.1) is 0 Å². The van der Waals surface area contributed by atoms with Crippen LogP contribution in [0.15, 0.2) is 65.7 Å². The van der Waals surface area contributed by atoms with Crippen molar-refractivity contribution in [1.82, 2.24) is 15.3 Å². The van der Waals surface area contributed by atoms with Gasteiger partial charge in [0.15, 0.2) is 10.6 Å². The first-order valence-corrected chi connectivity index (χ1v) is 11.9. The fourth-order valence-electron chi connectivity index (χ4n) is 3.85. The first-order chi connectivity index (χ1) is 16.6. The van der Waals surface area contributed by atoms with Gasteiger partial charge in [-0.05, 0) is 23.8 Å². The van der Waals surface area contributed by atoms with E-state index in [1.54, 1.807) is 24.4 Å². The molecule has 1 aliphatic rings. The van der Waals surface area contributed by atoms with Crippen molar-refractivity contribution in [2.45, 2.75) is 6.04 Å². The molecule has 0 spiro atoms. The Morgan fingerprint density at radius 2 is 2.00 bits per heavy atom. The normalized spacial score (nSPS) is 14.7. The lowest BCUT2D eigenvalue weighted by molar-refractivity contribution is 0.122. The number of hydrogen-bond acceptors (Lipinski definition) is 7. The number of anilines is 1. The number of rotatable bonds is 5. The number of carbonyl (C=O) groups excluding carboxylic acids is 1. The molecule has 2 aromatic carbocycles. The number of aromatic nitrogens is 2. The topological polar surface area (TPSA) is 96.5 Å². The summed E-state index contributed by atoms with van der Waals surface area (Å²) in [6, 6.07) is 13.6. The maximum atomic E-state index is 13.3. The number of thiazole rings is 1. The van der Waals surface area contributed by atoms with Gasteiger partial charge in [-0.15, -0.1) is 0 Å². The number of ether oxygens (including phenoxy) is 2. The molecule has 1 unspecified atom stereocenters. The van der Waals surface area contributed by atoms with Crippen LogP contribution in [0.4, 0.5) is 9.93 Å². The molecule has 1 fully saturated rings. The molecule has 0 radical (unpaired) electrons. The van der Waals surface area contributed by atoms with Crippen LogP contribution in [0.3, 0.4) is 0 Å². The van der Waals surface area contributed by atoms with Gasteiger partial charge < -0.3 is 24.7 Å². The highest BCUT2D eigenvalue weighted by Gasteiger charge is 2.23. The average molecular weight is 497 g/mol. The monoisotopic (exact) mass is 496 g/mol. The molecule has 2 N–H and O–H groups in total. The number of aromatic amines is 1. The third-order valence-corrected chi connectivity index (χ3v) is 6.70. The molecule has 8 nitrogen and oxygen atoms in total. The molecular formula is C24H21ClN4O4S. The van der Waals surface area contributed by atoms with Gasteiger partial charge in [0, 0.05) is 35.3 Å². The Labute approximate surface area is 204 Å². The highest BCUT2D eigenvalue weighted by Crippen LogP contribution is 2.30. The second kappa shape index (κ2) is 9.84. The summed E-state index contributed by atoms with van der Waals surface area (Å²) >= 11 is 7.35. The van der Waals surface area contributed by atoms with Gasteiger partial charge in [-0.3, -0.25) is 4.79 Å². The van der Waals surface area contributed by atoms with Gasteiger partial charge in [0.2, 0.25) is 5.06 Å². The lowest BCUT2D eigenvalue weighted by atomic mass is 9.98. The highest BCUT2D eigenvalue weighted by atomic mass is 35.5. The van der Waals surface area contributed by atoms with Crippen molar-refractivity contribution in [3.63, 3.8) is 0 Å². The predicted molar refractivity (Wildman–Crippen MR) is 132 cm³/mol. The molecule has 1 aliphatic heterocycles. The maximum absolute atomic E-state index is 13.3. The van der Waals surface area contributed by atoms with E-state index in [0.717, 1.165) is 23.8 Å². The number of carbonyl (C=O) groups is 1. The molecule has 3 heterocycles. The number of nitrogens with zero attached hydrogens (tertiary/aromatic N) is 2. The van der Waals surface area contributed by atoms with Crippen molar-refractivity contribution in [3.05, 3.63) is 87.3 Å². The number of nitrogens with one attached hydrogen (secondary N) is 2. The molecule has 0 bridgehead atoms. The molecule has 10 heteroatoms. The van der Waals surface area contributed by atoms with Gasteiger partial charge >= 0.3 is 6.09 Å². The molecule has 1 amide bonds. The minimum Gasteiger partial charge on any atom is -0.397 e. The Balaban J connectivity index is 1.40. The van der Waals surface area contributed by atoms with Crippen LogP contribution in [0.2, 0.25) is 5.02 Å². The number of morpholine rings is 1. The first kappa shape index (κ1) is 22.4. The van der Waals surface area contributed by atoms with Crippen LogP contribution in [-0.2, 0) is 4.74 Å². The Hall–Kier alpha value is -3.40. The minimum atomic E-state index is -0.718. The van der Waals surface area contributed by atoms with Crippen molar-refractivity contribution in [2.75, 3.05) is 31.2 Å². The smallest absolute Gasteiger partial charge is 0.397 e. The van der Waals surface area contributed by atoms with E-state index in [1.165, 1.54) is 17.5 Å². The van der Waals surface area contributed by atoms with Crippen LogP contribution in [-0.4, -0.2) is 42.4 Å². The molecule has 174 valence electrons. The lowest BCUT2D eigenvalue weighted by Crippen LogP contribution is -2.36. The van der Waals surface area contributed by atoms with Gasteiger partial charge in [0.1, 0.15) is 0 Å². The zero-order chi connectivity index (χ0) is 23.5. The standard InChI is InChI=1S/C24H21ClN4O4S/c25-16-6-7-17-19(12-16)26-13-18(22(17)30)21(15-4-2-1-3-5-15)28-24(31)33-20-14-27-23(34-20)29-8-10-32-11-9-29/h1-7,12-14,21H,8-11H2,(H,26,30)(H,28,31). The Bertz CT molecular complexity index is 1370. The molecule has 0 aliphatic carbocycles. The van der Waals surface area contributed by atoms with E-state index in [2.05, 4.69) is 20.2 Å². The van der Waals surface area contributed by atoms with Crippen molar-refractivity contribution < 1.29 is 14.3 Å². The molecule has 1 atom stereocenters. The molecule has 5 rings (SSSR count). The van der Waals surface area contributed by atoms with Crippen molar-refractivity contribution in [1.29, 1.82) is 0 Å². The number of H-pyrrole nitrogens is 1. The summed E-state index contributed by atoms with van der Waals surface area (Å²) in [5.41, 5.74) is 1.55. The number of halogens is 1. The van der Waals surface area contributed by atoms with Crippen LogP contribution < -0.4 is 20.4 Å². The van der Waals surface area contributed by atoms with Gasteiger partial charge in [-0.25, -0.2) is 9.78 Å².